The van der Waals surface area contributed by atoms with Gasteiger partial charge >= 0.3 is 0 Å². The van der Waals surface area contributed by atoms with E-state index in [0.717, 1.165) is 5.39 Å². The molecule has 0 spiro atoms. The van der Waals surface area contributed by atoms with Gasteiger partial charge in [0.25, 0.3) is 0 Å². The zero-order valence-corrected chi connectivity index (χ0v) is 11.1. The third-order valence-corrected chi connectivity index (χ3v) is 3.53. The monoisotopic (exact) mass is 246 g/mol. The highest BCUT2D eigenvalue weighted by atomic mass is 19.1. The molecule has 3 heteroatoms. The molecule has 0 aliphatic heterocycles. The Labute approximate surface area is 107 Å². The number of nitrogens with zero attached hydrogens (tertiary/aromatic N) is 1. The molecule has 2 N–H and O–H groups in total. The molecule has 0 saturated carbocycles. The lowest BCUT2D eigenvalue weighted by molar-refractivity contribution is 0.0356. The molecule has 96 valence electrons. The third-order valence-electron chi connectivity index (χ3n) is 3.53. The molecule has 1 heterocycles. The molecule has 2 aromatic rings. The lowest BCUT2D eigenvalue weighted by Crippen LogP contribution is -2.42. The van der Waals surface area contributed by atoms with Crippen LogP contribution < -0.4 is 5.73 Å². The number of halogens is 1. The predicted molar refractivity (Wildman–Crippen MR) is 73.0 cm³/mol. The second-order valence-corrected chi connectivity index (χ2v) is 5.64. The van der Waals surface area contributed by atoms with Gasteiger partial charge in [-0.05, 0) is 6.07 Å². The number of para-hydroxylation sites is 1. The smallest absolute Gasteiger partial charge is 0.155 e. The number of aromatic nitrogens is 1. The first kappa shape index (κ1) is 13.0. The molecule has 1 unspecified atom stereocenters. The van der Waals surface area contributed by atoms with Crippen LogP contribution in [0.1, 0.15) is 26.3 Å². The van der Waals surface area contributed by atoms with Crippen molar-refractivity contribution in [2.24, 2.45) is 11.1 Å². The van der Waals surface area contributed by atoms with Gasteiger partial charge in [0.15, 0.2) is 5.67 Å². The van der Waals surface area contributed by atoms with E-state index in [-0.39, 0.29) is 6.54 Å². The topological polar surface area (TPSA) is 38.9 Å². The number of benzene rings is 1. The van der Waals surface area contributed by atoms with E-state index < -0.39 is 11.1 Å². The van der Waals surface area contributed by atoms with Crippen molar-refractivity contribution in [3.05, 3.63) is 42.1 Å². The van der Waals surface area contributed by atoms with Gasteiger partial charge in [0.05, 0.1) is 5.52 Å². The van der Waals surface area contributed by atoms with Crippen LogP contribution in [0.25, 0.3) is 10.9 Å². The Hall–Kier alpha value is -1.48. The molecule has 0 aliphatic carbocycles. The van der Waals surface area contributed by atoms with Crippen LogP contribution in [0.3, 0.4) is 0 Å². The van der Waals surface area contributed by atoms with Gasteiger partial charge in [0.1, 0.15) is 0 Å². The third kappa shape index (κ3) is 1.89. The largest absolute Gasteiger partial charge is 0.327 e. The summed E-state index contributed by atoms with van der Waals surface area (Å²) in [7, 11) is 0. The average molecular weight is 246 g/mol. The molecule has 1 aromatic heterocycles. The average Bonchev–Trinajstić information content (AvgIpc) is 2.35. The molecule has 1 aromatic carbocycles. The summed E-state index contributed by atoms with van der Waals surface area (Å²) < 4.78 is 15.3. The summed E-state index contributed by atoms with van der Waals surface area (Å²) in [5, 5.41) is 0.940. The minimum absolute atomic E-state index is 0.0494. The van der Waals surface area contributed by atoms with E-state index in [1.165, 1.54) is 0 Å². The van der Waals surface area contributed by atoms with Crippen LogP contribution in [0.4, 0.5) is 4.39 Å². The molecular formula is C15H19FN2. The number of rotatable bonds is 2. The van der Waals surface area contributed by atoms with Gasteiger partial charge in [-0.25, -0.2) is 4.39 Å². The van der Waals surface area contributed by atoms with Crippen molar-refractivity contribution >= 4 is 10.9 Å². The second kappa shape index (κ2) is 4.32. The lowest BCUT2D eigenvalue weighted by atomic mass is 9.73. The van der Waals surface area contributed by atoms with Crippen LogP contribution in [-0.2, 0) is 5.67 Å². The first-order chi connectivity index (χ1) is 8.40. The van der Waals surface area contributed by atoms with Crippen molar-refractivity contribution in [3.8, 4) is 0 Å². The minimum atomic E-state index is -1.58. The Morgan fingerprint density at radius 3 is 2.44 bits per heavy atom. The second-order valence-electron chi connectivity index (χ2n) is 5.64. The van der Waals surface area contributed by atoms with Gasteiger partial charge in [-0.1, -0.05) is 45.0 Å². The Kier molecular flexibility index (Phi) is 3.11. The van der Waals surface area contributed by atoms with E-state index in [1.807, 2.05) is 45.0 Å². The SMILES string of the molecule is CC(C)(C)C(F)(CN)c1cccc2cccnc12. The summed E-state index contributed by atoms with van der Waals surface area (Å²) in [5.41, 5.74) is 4.83. The lowest BCUT2D eigenvalue weighted by Gasteiger charge is -2.37. The summed E-state index contributed by atoms with van der Waals surface area (Å²) in [4.78, 5) is 4.31. The Morgan fingerprint density at radius 1 is 1.17 bits per heavy atom. The number of fused-ring (bicyclic) bond motifs is 1. The van der Waals surface area contributed by atoms with Crippen LogP contribution in [0.5, 0.6) is 0 Å². The fourth-order valence-corrected chi connectivity index (χ4v) is 2.24. The van der Waals surface area contributed by atoms with Crippen molar-refractivity contribution in [2.75, 3.05) is 6.54 Å². The molecule has 0 saturated heterocycles. The molecule has 2 nitrogen and oxygen atoms in total. The van der Waals surface area contributed by atoms with E-state index in [9.17, 15) is 0 Å². The first-order valence-corrected chi connectivity index (χ1v) is 6.13. The Morgan fingerprint density at radius 2 is 1.83 bits per heavy atom. The quantitative estimate of drug-likeness (QED) is 0.882. The highest BCUT2D eigenvalue weighted by Crippen LogP contribution is 2.44. The molecule has 0 bridgehead atoms. The van der Waals surface area contributed by atoms with E-state index >= 15 is 4.39 Å². The van der Waals surface area contributed by atoms with E-state index in [4.69, 9.17) is 5.73 Å². The highest BCUT2D eigenvalue weighted by molar-refractivity contribution is 5.82. The maximum absolute atomic E-state index is 15.3. The summed E-state index contributed by atoms with van der Waals surface area (Å²) in [6.07, 6.45) is 1.69. The fraction of sp³-hybridized carbons (Fsp3) is 0.400. The maximum Gasteiger partial charge on any atom is 0.155 e. The number of pyridine rings is 1. The van der Waals surface area contributed by atoms with Crippen molar-refractivity contribution in [1.82, 2.24) is 4.98 Å². The molecule has 18 heavy (non-hydrogen) atoms. The Balaban J connectivity index is 2.74. The zero-order chi connectivity index (χ0) is 13.4. The number of hydrogen-bond acceptors (Lipinski definition) is 2. The summed E-state index contributed by atoms with van der Waals surface area (Å²) in [5.74, 6) is 0. The summed E-state index contributed by atoms with van der Waals surface area (Å²) in [6.45, 7) is 5.54. The summed E-state index contributed by atoms with van der Waals surface area (Å²) >= 11 is 0. The van der Waals surface area contributed by atoms with Crippen molar-refractivity contribution < 1.29 is 4.39 Å². The minimum Gasteiger partial charge on any atom is -0.327 e. The Bertz CT molecular complexity index is 554. The van der Waals surface area contributed by atoms with Crippen molar-refractivity contribution in [3.63, 3.8) is 0 Å². The zero-order valence-electron chi connectivity index (χ0n) is 11.1. The van der Waals surface area contributed by atoms with Gasteiger partial charge in [-0.2, -0.15) is 0 Å². The van der Waals surface area contributed by atoms with Crippen LogP contribution in [0.2, 0.25) is 0 Å². The number of nitrogens with two attached hydrogens (primary N) is 1. The highest BCUT2D eigenvalue weighted by Gasteiger charge is 2.44. The molecule has 0 amide bonds. The van der Waals surface area contributed by atoms with Gasteiger partial charge < -0.3 is 5.73 Å². The van der Waals surface area contributed by atoms with Crippen LogP contribution in [0, 0.1) is 5.41 Å². The maximum atomic E-state index is 15.3. The first-order valence-electron chi connectivity index (χ1n) is 6.13. The van der Waals surface area contributed by atoms with Crippen molar-refractivity contribution in [1.29, 1.82) is 0 Å². The van der Waals surface area contributed by atoms with E-state index in [0.29, 0.717) is 11.1 Å². The summed E-state index contributed by atoms with van der Waals surface area (Å²) in [6, 6.07) is 9.37. The fourth-order valence-electron chi connectivity index (χ4n) is 2.24. The molecule has 0 fully saturated rings. The van der Waals surface area contributed by atoms with Crippen LogP contribution in [-0.4, -0.2) is 11.5 Å². The van der Waals surface area contributed by atoms with Gasteiger partial charge in [-0.15, -0.1) is 0 Å². The normalized spacial score (nSPS) is 15.6. The molecule has 1 atom stereocenters. The molecule has 0 aliphatic rings. The number of hydrogen-bond donors (Lipinski definition) is 1. The van der Waals surface area contributed by atoms with Gasteiger partial charge in [-0.3, -0.25) is 4.98 Å². The molecular weight excluding hydrogens is 227 g/mol. The van der Waals surface area contributed by atoms with Gasteiger partial charge in [0, 0.05) is 29.1 Å². The van der Waals surface area contributed by atoms with E-state index in [2.05, 4.69) is 4.98 Å². The van der Waals surface area contributed by atoms with E-state index in [1.54, 1.807) is 12.3 Å². The molecule has 2 rings (SSSR count). The van der Waals surface area contributed by atoms with Crippen LogP contribution in [0.15, 0.2) is 36.5 Å². The number of alkyl halides is 1. The van der Waals surface area contributed by atoms with Gasteiger partial charge in [0.2, 0.25) is 0 Å². The van der Waals surface area contributed by atoms with Crippen LogP contribution >= 0.6 is 0 Å². The standard InChI is InChI=1S/C15H19FN2/c1-14(2,3)15(16,10-17)12-8-4-6-11-7-5-9-18-13(11)12/h4-9H,10,17H2,1-3H3. The van der Waals surface area contributed by atoms with Crippen molar-refractivity contribution in [2.45, 2.75) is 26.4 Å². The predicted octanol–water partition coefficient (Wildman–Crippen LogP) is 3.40. The molecule has 0 radical (unpaired) electrons.